The van der Waals surface area contributed by atoms with Gasteiger partial charge in [0, 0.05) is 30.4 Å². The Bertz CT molecular complexity index is 1040. The Morgan fingerprint density at radius 1 is 1.09 bits per heavy atom. The van der Waals surface area contributed by atoms with Crippen LogP contribution in [0, 0.1) is 0 Å². The predicted molar refractivity (Wildman–Crippen MR) is 123 cm³/mol. The van der Waals surface area contributed by atoms with E-state index in [2.05, 4.69) is 32.5 Å². The van der Waals surface area contributed by atoms with Gasteiger partial charge in [0.25, 0.3) is 5.91 Å². The van der Waals surface area contributed by atoms with Crippen molar-refractivity contribution in [2.75, 3.05) is 39.3 Å². The number of carbonyl (C=O) groups is 1. The maximum absolute atomic E-state index is 12.8. The van der Waals surface area contributed by atoms with Crippen LogP contribution in [-0.2, 0) is 0 Å². The van der Waals surface area contributed by atoms with Gasteiger partial charge in [0.15, 0.2) is 11.5 Å². The molecule has 1 atom stereocenters. The highest BCUT2D eigenvalue weighted by Crippen LogP contribution is 2.40. The van der Waals surface area contributed by atoms with Gasteiger partial charge >= 0.3 is 0 Å². The first-order valence-electron chi connectivity index (χ1n) is 10.6. The molecule has 2 heterocycles. The minimum absolute atomic E-state index is 0.184. The van der Waals surface area contributed by atoms with Gasteiger partial charge in [0.2, 0.25) is 5.75 Å². The highest BCUT2D eigenvalue weighted by atomic mass is 16.5. The maximum Gasteiger partial charge on any atom is 0.269 e. The molecule has 1 aliphatic heterocycles. The third-order valence-electron chi connectivity index (χ3n) is 5.75. The molecule has 0 bridgehead atoms. The van der Waals surface area contributed by atoms with Crippen molar-refractivity contribution < 1.29 is 19.0 Å². The van der Waals surface area contributed by atoms with Gasteiger partial charge in [-0.05, 0) is 43.2 Å². The van der Waals surface area contributed by atoms with Crippen molar-refractivity contribution in [1.29, 1.82) is 0 Å². The van der Waals surface area contributed by atoms with E-state index in [-0.39, 0.29) is 11.9 Å². The second kappa shape index (κ2) is 9.64. The van der Waals surface area contributed by atoms with Gasteiger partial charge in [-0.1, -0.05) is 18.2 Å². The smallest absolute Gasteiger partial charge is 0.269 e. The number of carbonyl (C=O) groups excluding carboxylic acids is 1. The monoisotopic (exact) mass is 436 g/mol. The molecular formula is C24H28N4O4. The number of aromatic amines is 1. The number of methoxy groups -OCH3 is 3. The number of nitrogens with zero attached hydrogens (tertiary/aromatic N) is 2. The Morgan fingerprint density at radius 3 is 2.47 bits per heavy atom. The van der Waals surface area contributed by atoms with Gasteiger partial charge in [-0.3, -0.25) is 9.89 Å². The van der Waals surface area contributed by atoms with Crippen LogP contribution in [0.5, 0.6) is 17.2 Å². The molecule has 4 rings (SSSR count). The van der Waals surface area contributed by atoms with E-state index in [0.717, 1.165) is 24.9 Å². The largest absolute Gasteiger partial charge is 0.493 e. The molecule has 1 aromatic heterocycles. The lowest BCUT2D eigenvalue weighted by molar-refractivity contribution is 0.0946. The Hall–Kier alpha value is -3.68. The minimum Gasteiger partial charge on any atom is -0.493 e. The summed E-state index contributed by atoms with van der Waals surface area (Å²) in [5, 5.41) is 10.2. The number of aromatic nitrogens is 2. The number of nitrogens with one attached hydrogen (secondary N) is 2. The van der Waals surface area contributed by atoms with Crippen LogP contribution < -0.4 is 24.4 Å². The van der Waals surface area contributed by atoms with Crippen molar-refractivity contribution in [1.82, 2.24) is 15.5 Å². The van der Waals surface area contributed by atoms with Crippen LogP contribution in [0.2, 0.25) is 0 Å². The summed E-state index contributed by atoms with van der Waals surface area (Å²) >= 11 is 0. The van der Waals surface area contributed by atoms with E-state index < -0.39 is 0 Å². The van der Waals surface area contributed by atoms with E-state index in [1.54, 1.807) is 39.5 Å². The van der Waals surface area contributed by atoms with Crippen LogP contribution in [0.15, 0.2) is 48.5 Å². The summed E-state index contributed by atoms with van der Waals surface area (Å²) in [7, 11) is 4.68. The second-order valence-electron chi connectivity index (χ2n) is 7.62. The maximum atomic E-state index is 12.8. The lowest BCUT2D eigenvalue weighted by Crippen LogP contribution is -2.40. The number of H-pyrrole nitrogens is 1. The second-order valence-corrected chi connectivity index (χ2v) is 7.62. The molecule has 1 unspecified atom stereocenters. The van der Waals surface area contributed by atoms with E-state index in [1.807, 2.05) is 18.2 Å². The normalized spacial score (nSPS) is 15.5. The summed E-state index contributed by atoms with van der Waals surface area (Å²) in [6.07, 6.45) is 2.17. The molecule has 0 spiro atoms. The Morgan fingerprint density at radius 2 is 1.81 bits per heavy atom. The van der Waals surface area contributed by atoms with Crippen molar-refractivity contribution in [2.45, 2.75) is 18.9 Å². The summed E-state index contributed by atoms with van der Waals surface area (Å²) in [5.74, 6) is 1.37. The van der Waals surface area contributed by atoms with Crippen LogP contribution in [0.3, 0.4) is 0 Å². The van der Waals surface area contributed by atoms with Crippen LogP contribution in [0.4, 0.5) is 5.69 Å². The van der Waals surface area contributed by atoms with Crippen LogP contribution >= 0.6 is 0 Å². The molecule has 168 valence electrons. The Balaban J connectivity index is 1.45. The predicted octanol–water partition coefficient (Wildman–Crippen LogP) is 3.50. The topological polar surface area (TPSA) is 88.7 Å². The number of ether oxygens (including phenoxy) is 3. The number of hydrogen-bond donors (Lipinski definition) is 2. The average Bonchev–Trinajstić information content (AvgIpc) is 3.52. The van der Waals surface area contributed by atoms with Crippen LogP contribution in [0.25, 0.3) is 11.3 Å². The van der Waals surface area contributed by atoms with E-state index in [0.29, 0.717) is 35.2 Å². The molecule has 2 N–H and O–H groups in total. The summed E-state index contributed by atoms with van der Waals surface area (Å²) in [4.78, 5) is 15.1. The zero-order valence-corrected chi connectivity index (χ0v) is 18.6. The van der Waals surface area contributed by atoms with Gasteiger partial charge in [0.05, 0.1) is 27.0 Å². The highest BCUT2D eigenvalue weighted by Gasteiger charge is 2.25. The third kappa shape index (κ3) is 4.34. The molecule has 2 aromatic carbocycles. The number of amides is 1. The summed E-state index contributed by atoms with van der Waals surface area (Å²) in [5.41, 5.74) is 2.95. The van der Waals surface area contributed by atoms with Crippen molar-refractivity contribution in [3.05, 3.63) is 54.2 Å². The molecule has 1 saturated heterocycles. The van der Waals surface area contributed by atoms with Gasteiger partial charge in [-0.25, -0.2) is 0 Å². The summed E-state index contributed by atoms with van der Waals surface area (Å²) in [6.45, 7) is 1.58. The molecule has 1 fully saturated rings. The fraction of sp³-hybridized carbons (Fsp3) is 0.333. The quantitative estimate of drug-likeness (QED) is 0.562. The van der Waals surface area contributed by atoms with E-state index in [4.69, 9.17) is 14.2 Å². The molecular weight excluding hydrogens is 408 g/mol. The Labute approximate surface area is 187 Å². The number of rotatable bonds is 8. The summed E-state index contributed by atoms with van der Waals surface area (Å²) in [6, 6.07) is 15.9. The van der Waals surface area contributed by atoms with Crippen molar-refractivity contribution in [3.8, 4) is 28.5 Å². The number of para-hydroxylation sites is 1. The van der Waals surface area contributed by atoms with Gasteiger partial charge in [-0.15, -0.1) is 0 Å². The molecule has 0 radical (unpaired) electrons. The van der Waals surface area contributed by atoms with Gasteiger partial charge < -0.3 is 24.4 Å². The fourth-order valence-corrected chi connectivity index (χ4v) is 4.13. The van der Waals surface area contributed by atoms with Crippen LogP contribution in [-0.4, -0.2) is 56.6 Å². The van der Waals surface area contributed by atoms with Gasteiger partial charge in [-0.2, -0.15) is 5.10 Å². The molecule has 3 aromatic rings. The van der Waals surface area contributed by atoms with E-state index >= 15 is 0 Å². The lowest BCUT2D eigenvalue weighted by Gasteiger charge is -2.27. The molecule has 32 heavy (non-hydrogen) atoms. The SMILES string of the molecule is COc1cc(-c2cc(C(=O)NCC3CCCN3c3ccccc3)[nH]n2)cc(OC)c1OC. The molecule has 1 aliphatic rings. The first-order chi connectivity index (χ1) is 15.6. The molecule has 8 nitrogen and oxygen atoms in total. The standard InChI is InChI=1S/C24H28N4O4/c1-30-21-12-16(13-22(31-2)23(21)32-3)19-14-20(27-26-19)24(29)25-15-18-10-7-11-28(18)17-8-5-4-6-9-17/h4-6,8-9,12-14,18H,7,10-11,15H2,1-3H3,(H,25,29)(H,26,27). The van der Waals surface area contributed by atoms with E-state index in [1.165, 1.54) is 5.69 Å². The van der Waals surface area contributed by atoms with Gasteiger partial charge in [0.1, 0.15) is 5.69 Å². The third-order valence-corrected chi connectivity index (χ3v) is 5.75. The van der Waals surface area contributed by atoms with Crippen molar-refractivity contribution >= 4 is 11.6 Å². The average molecular weight is 437 g/mol. The molecule has 0 saturated carbocycles. The van der Waals surface area contributed by atoms with Crippen molar-refractivity contribution in [3.63, 3.8) is 0 Å². The fourth-order valence-electron chi connectivity index (χ4n) is 4.13. The first kappa shape index (κ1) is 21.5. The highest BCUT2D eigenvalue weighted by molar-refractivity contribution is 5.93. The molecule has 0 aliphatic carbocycles. The zero-order chi connectivity index (χ0) is 22.5. The lowest BCUT2D eigenvalue weighted by atomic mass is 10.1. The number of anilines is 1. The molecule has 8 heteroatoms. The number of hydrogen-bond acceptors (Lipinski definition) is 6. The first-order valence-corrected chi connectivity index (χ1v) is 10.6. The molecule has 1 amide bonds. The Kier molecular flexibility index (Phi) is 6.49. The van der Waals surface area contributed by atoms with Crippen LogP contribution in [0.1, 0.15) is 23.3 Å². The minimum atomic E-state index is -0.184. The van der Waals surface area contributed by atoms with E-state index in [9.17, 15) is 4.79 Å². The summed E-state index contributed by atoms with van der Waals surface area (Å²) < 4.78 is 16.2. The van der Waals surface area contributed by atoms with Crippen molar-refractivity contribution in [2.24, 2.45) is 0 Å². The number of benzene rings is 2. The zero-order valence-electron chi connectivity index (χ0n) is 18.6.